The van der Waals surface area contributed by atoms with Crippen LogP contribution in [0.4, 0.5) is 0 Å². The molecule has 4 nitrogen and oxygen atoms in total. The van der Waals surface area contributed by atoms with Crippen LogP contribution in [0, 0.1) is 0 Å². The van der Waals surface area contributed by atoms with Crippen LogP contribution in [0.1, 0.15) is 16.8 Å². The van der Waals surface area contributed by atoms with Crippen LogP contribution in [0.2, 0.25) is 0 Å². The molecule has 130 valence electrons. The number of aromatic nitrogens is 2. The first-order valence-corrected chi connectivity index (χ1v) is 8.82. The Hall–Kier alpha value is -1.82. The van der Waals surface area contributed by atoms with E-state index in [1.54, 1.807) is 4.68 Å². The highest BCUT2D eigenvalue weighted by Crippen LogP contribution is 2.30. The lowest BCUT2D eigenvalue weighted by molar-refractivity contribution is 0.241. The van der Waals surface area contributed by atoms with Gasteiger partial charge in [-0.25, -0.2) is 4.68 Å². The molecule has 0 fully saturated rings. The maximum absolute atomic E-state index is 10.5. The van der Waals surface area contributed by atoms with Crippen molar-refractivity contribution in [2.24, 2.45) is 0 Å². The summed E-state index contributed by atoms with van der Waals surface area (Å²) in [5.41, 5.74) is 4.12. The third kappa shape index (κ3) is 3.73. The van der Waals surface area contributed by atoms with Gasteiger partial charge in [0.15, 0.2) is 0 Å². The Balaban J connectivity index is 0.00000182. The lowest BCUT2D eigenvalue weighted by Crippen LogP contribution is -2.29. The largest absolute Gasteiger partial charge is 0.493 e. The van der Waals surface area contributed by atoms with Crippen molar-refractivity contribution in [3.05, 3.63) is 75.9 Å². The molecular formula is C19H19BrClN3O. The number of rotatable bonds is 3. The second-order valence-electron chi connectivity index (χ2n) is 6.08. The Morgan fingerprint density at radius 2 is 1.76 bits per heavy atom. The van der Waals surface area contributed by atoms with E-state index in [1.807, 2.05) is 30.3 Å². The summed E-state index contributed by atoms with van der Waals surface area (Å²) in [6.07, 6.45) is 0.824. The van der Waals surface area contributed by atoms with Crippen molar-refractivity contribution >= 4 is 28.3 Å². The zero-order chi connectivity index (χ0) is 16.5. The molecule has 4 rings (SSSR count). The summed E-state index contributed by atoms with van der Waals surface area (Å²) in [5.74, 6) is 0.270. The summed E-state index contributed by atoms with van der Waals surface area (Å²) >= 11 is 3.43. The Morgan fingerprint density at radius 1 is 1.04 bits per heavy atom. The molecule has 0 bridgehead atoms. The van der Waals surface area contributed by atoms with Crippen LogP contribution in [-0.2, 0) is 19.5 Å². The van der Waals surface area contributed by atoms with E-state index in [2.05, 4.69) is 50.2 Å². The van der Waals surface area contributed by atoms with Crippen molar-refractivity contribution in [1.29, 1.82) is 0 Å². The second-order valence-corrected chi connectivity index (χ2v) is 7.00. The maximum atomic E-state index is 10.5. The lowest BCUT2D eigenvalue weighted by Gasteiger charge is -2.25. The smallest absolute Gasteiger partial charge is 0.217 e. The molecular weight excluding hydrogens is 402 g/mol. The Labute approximate surface area is 161 Å². The van der Waals surface area contributed by atoms with Crippen LogP contribution in [-0.4, -0.2) is 26.3 Å². The standard InChI is InChI=1S/C19H18BrN3O.ClH/c20-15-6-8-16(9-7-15)23-19(24)17-10-11-22(13-18(17)21-23)12-14-4-2-1-3-5-14;/h1-9,24H,10-13H2;1H. The number of nitrogens with zero attached hydrogens (tertiary/aromatic N) is 3. The maximum Gasteiger partial charge on any atom is 0.217 e. The van der Waals surface area contributed by atoms with Crippen LogP contribution < -0.4 is 0 Å². The number of aromatic hydroxyl groups is 1. The van der Waals surface area contributed by atoms with Gasteiger partial charge in [0, 0.05) is 29.7 Å². The molecule has 2 heterocycles. The Morgan fingerprint density at radius 3 is 2.48 bits per heavy atom. The highest BCUT2D eigenvalue weighted by molar-refractivity contribution is 9.10. The molecule has 25 heavy (non-hydrogen) atoms. The average molecular weight is 421 g/mol. The van der Waals surface area contributed by atoms with E-state index < -0.39 is 0 Å². The van der Waals surface area contributed by atoms with Crippen LogP contribution in [0.15, 0.2) is 59.1 Å². The first-order chi connectivity index (χ1) is 11.7. The minimum Gasteiger partial charge on any atom is -0.493 e. The monoisotopic (exact) mass is 419 g/mol. The molecule has 1 aliphatic heterocycles. The van der Waals surface area contributed by atoms with E-state index in [4.69, 9.17) is 0 Å². The van der Waals surface area contributed by atoms with E-state index in [0.29, 0.717) is 0 Å². The van der Waals surface area contributed by atoms with Gasteiger partial charge >= 0.3 is 0 Å². The number of fused-ring (bicyclic) bond motifs is 1. The number of benzene rings is 2. The van der Waals surface area contributed by atoms with E-state index in [1.165, 1.54) is 5.56 Å². The minimum atomic E-state index is 0. The fourth-order valence-electron chi connectivity index (χ4n) is 3.17. The van der Waals surface area contributed by atoms with E-state index >= 15 is 0 Å². The quantitative estimate of drug-likeness (QED) is 0.686. The van der Waals surface area contributed by atoms with Gasteiger partial charge in [-0.15, -0.1) is 12.4 Å². The van der Waals surface area contributed by atoms with Gasteiger partial charge in [-0.1, -0.05) is 46.3 Å². The third-order valence-electron chi connectivity index (χ3n) is 4.41. The summed E-state index contributed by atoms with van der Waals surface area (Å²) in [4.78, 5) is 2.37. The predicted molar refractivity (Wildman–Crippen MR) is 104 cm³/mol. The van der Waals surface area contributed by atoms with Crippen molar-refractivity contribution in [2.45, 2.75) is 19.5 Å². The molecule has 1 N–H and O–H groups in total. The predicted octanol–water partition coefficient (Wildman–Crippen LogP) is 4.32. The molecule has 6 heteroatoms. The van der Waals surface area contributed by atoms with Gasteiger partial charge in [0.2, 0.25) is 5.88 Å². The zero-order valence-electron chi connectivity index (χ0n) is 13.6. The van der Waals surface area contributed by atoms with Crippen LogP contribution >= 0.6 is 28.3 Å². The number of hydrogen-bond acceptors (Lipinski definition) is 3. The van der Waals surface area contributed by atoms with Gasteiger partial charge in [0.25, 0.3) is 0 Å². The Kier molecular flexibility index (Phi) is 5.47. The highest BCUT2D eigenvalue weighted by Gasteiger charge is 2.25. The Bertz CT molecular complexity index is 849. The summed E-state index contributed by atoms with van der Waals surface area (Å²) in [6.45, 7) is 2.61. The molecule has 1 aromatic heterocycles. The normalized spacial score (nSPS) is 14.0. The average Bonchev–Trinajstić information content (AvgIpc) is 2.93. The van der Waals surface area contributed by atoms with Crippen molar-refractivity contribution in [3.63, 3.8) is 0 Å². The zero-order valence-corrected chi connectivity index (χ0v) is 16.0. The van der Waals surface area contributed by atoms with Gasteiger partial charge in [-0.3, -0.25) is 4.90 Å². The van der Waals surface area contributed by atoms with E-state index in [-0.39, 0.29) is 18.3 Å². The molecule has 0 saturated heterocycles. The van der Waals surface area contributed by atoms with Gasteiger partial charge in [0.1, 0.15) is 0 Å². The van der Waals surface area contributed by atoms with Gasteiger partial charge < -0.3 is 5.11 Å². The topological polar surface area (TPSA) is 41.3 Å². The molecule has 2 aromatic carbocycles. The van der Waals surface area contributed by atoms with Crippen LogP contribution in [0.5, 0.6) is 5.88 Å². The molecule has 0 saturated carbocycles. The van der Waals surface area contributed by atoms with E-state index in [0.717, 1.165) is 47.5 Å². The summed E-state index contributed by atoms with van der Waals surface area (Å²) in [7, 11) is 0. The fourth-order valence-corrected chi connectivity index (χ4v) is 3.43. The summed E-state index contributed by atoms with van der Waals surface area (Å²) in [5, 5.41) is 15.2. The van der Waals surface area contributed by atoms with Crippen molar-refractivity contribution < 1.29 is 5.11 Å². The molecule has 0 spiro atoms. The summed E-state index contributed by atoms with van der Waals surface area (Å²) in [6, 6.07) is 18.3. The van der Waals surface area contributed by atoms with Crippen molar-refractivity contribution in [1.82, 2.24) is 14.7 Å². The molecule has 0 amide bonds. The first kappa shape index (κ1) is 18.0. The first-order valence-electron chi connectivity index (χ1n) is 8.02. The fraction of sp³-hybridized carbons (Fsp3) is 0.211. The summed E-state index contributed by atoms with van der Waals surface area (Å²) < 4.78 is 2.65. The van der Waals surface area contributed by atoms with Gasteiger partial charge in [0.05, 0.1) is 11.4 Å². The molecule has 0 atom stereocenters. The molecule has 0 unspecified atom stereocenters. The molecule has 0 radical (unpaired) electrons. The molecule has 0 aliphatic carbocycles. The van der Waals surface area contributed by atoms with Crippen molar-refractivity contribution in [3.8, 4) is 11.6 Å². The number of hydrogen-bond donors (Lipinski definition) is 1. The van der Waals surface area contributed by atoms with Crippen LogP contribution in [0.3, 0.4) is 0 Å². The number of halogens is 2. The third-order valence-corrected chi connectivity index (χ3v) is 4.94. The lowest BCUT2D eigenvalue weighted by atomic mass is 10.1. The second kappa shape index (κ2) is 7.60. The van der Waals surface area contributed by atoms with E-state index in [9.17, 15) is 5.11 Å². The van der Waals surface area contributed by atoms with Gasteiger partial charge in [-0.2, -0.15) is 5.10 Å². The van der Waals surface area contributed by atoms with Crippen molar-refractivity contribution in [2.75, 3.05) is 6.54 Å². The molecule has 1 aliphatic rings. The minimum absolute atomic E-state index is 0. The highest BCUT2D eigenvalue weighted by atomic mass is 79.9. The van der Waals surface area contributed by atoms with Gasteiger partial charge in [-0.05, 0) is 36.2 Å². The SMILES string of the molecule is Cl.Oc1c2c(nn1-c1ccc(Br)cc1)CN(Cc1ccccc1)CC2. The van der Waals surface area contributed by atoms with Crippen LogP contribution in [0.25, 0.3) is 5.69 Å². The molecule has 3 aromatic rings.